The van der Waals surface area contributed by atoms with Crippen LogP contribution >= 0.6 is 23.2 Å². The lowest BCUT2D eigenvalue weighted by molar-refractivity contribution is -0.117. The van der Waals surface area contributed by atoms with Gasteiger partial charge in [0.2, 0.25) is 0 Å². The summed E-state index contributed by atoms with van der Waals surface area (Å²) in [6.45, 7) is 4.34. The number of hydrogen-bond acceptors (Lipinski definition) is 4. The summed E-state index contributed by atoms with van der Waals surface area (Å²) in [7, 11) is 0. The molecule has 3 rings (SSSR count). The maximum Gasteiger partial charge on any atom is 0.264 e. The van der Waals surface area contributed by atoms with Crippen molar-refractivity contribution in [2.24, 2.45) is 10.9 Å². The molecule has 1 aliphatic heterocycles. The van der Waals surface area contributed by atoms with E-state index in [9.17, 15) is 14.9 Å². The number of nitrogens with one attached hydrogen (secondary N) is 2. The van der Waals surface area contributed by atoms with Crippen molar-refractivity contribution < 1.29 is 9.59 Å². The molecule has 0 fully saturated rings. The van der Waals surface area contributed by atoms with Gasteiger partial charge in [-0.05, 0) is 24.1 Å². The molecule has 30 heavy (non-hydrogen) atoms. The van der Waals surface area contributed by atoms with E-state index in [1.54, 1.807) is 30.3 Å². The lowest BCUT2D eigenvalue weighted by Crippen LogP contribution is -2.30. The van der Waals surface area contributed by atoms with Gasteiger partial charge in [-0.1, -0.05) is 61.3 Å². The summed E-state index contributed by atoms with van der Waals surface area (Å²) < 4.78 is 0. The molecular weight excluding hydrogens is 423 g/mol. The van der Waals surface area contributed by atoms with Gasteiger partial charge in [-0.3, -0.25) is 9.59 Å². The summed E-state index contributed by atoms with van der Waals surface area (Å²) in [4.78, 5) is 29.6. The quantitative estimate of drug-likeness (QED) is 0.550. The smallest absolute Gasteiger partial charge is 0.264 e. The number of nitriles is 1. The van der Waals surface area contributed by atoms with E-state index in [1.165, 1.54) is 12.1 Å². The number of halogens is 2. The molecule has 1 aliphatic rings. The maximum absolute atomic E-state index is 12.7. The third-order valence-electron chi connectivity index (χ3n) is 4.32. The van der Waals surface area contributed by atoms with E-state index < -0.39 is 11.8 Å². The first-order valence-corrected chi connectivity index (χ1v) is 9.94. The van der Waals surface area contributed by atoms with Crippen LogP contribution in [0.4, 0.5) is 0 Å². The molecule has 6 nitrogen and oxygen atoms in total. The Morgan fingerprint density at radius 3 is 2.47 bits per heavy atom. The number of amides is 2. The number of aliphatic imine (C=N–C) groups is 1. The first-order chi connectivity index (χ1) is 14.3. The molecule has 0 spiro atoms. The van der Waals surface area contributed by atoms with E-state index in [0.29, 0.717) is 22.7 Å². The fourth-order valence-corrected chi connectivity index (χ4v) is 3.35. The Balaban J connectivity index is 1.98. The van der Waals surface area contributed by atoms with Crippen LogP contribution in [0.15, 0.2) is 53.0 Å². The fourth-order valence-electron chi connectivity index (χ4n) is 2.86. The molecule has 0 saturated carbocycles. The van der Waals surface area contributed by atoms with Gasteiger partial charge in [0.15, 0.2) is 0 Å². The zero-order chi connectivity index (χ0) is 21.8. The third-order valence-corrected chi connectivity index (χ3v) is 4.86. The summed E-state index contributed by atoms with van der Waals surface area (Å²) >= 11 is 12.0. The van der Waals surface area contributed by atoms with E-state index in [-0.39, 0.29) is 33.6 Å². The Hall–Kier alpha value is -3.14. The molecule has 0 unspecified atom stereocenters. The van der Waals surface area contributed by atoms with Gasteiger partial charge in [0.25, 0.3) is 11.8 Å². The molecular formula is C22H18Cl2N4O2. The van der Waals surface area contributed by atoms with Crippen LogP contribution in [0.2, 0.25) is 10.0 Å². The topological polar surface area (TPSA) is 94.3 Å². The summed E-state index contributed by atoms with van der Waals surface area (Å²) in [6.07, 6.45) is 0. The minimum atomic E-state index is -0.506. The van der Waals surface area contributed by atoms with Crippen LogP contribution in [0.3, 0.4) is 0 Å². The van der Waals surface area contributed by atoms with Gasteiger partial charge in [0.1, 0.15) is 17.5 Å². The molecule has 2 N–H and O–H groups in total. The summed E-state index contributed by atoms with van der Waals surface area (Å²) in [6, 6.07) is 13.5. The van der Waals surface area contributed by atoms with Gasteiger partial charge >= 0.3 is 0 Å². The maximum atomic E-state index is 12.7. The predicted octanol–water partition coefficient (Wildman–Crippen LogP) is 4.19. The summed E-state index contributed by atoms with van der Waals surface area (Å²) in [5, 5.41) is 15.7. The molecule has 0 radical (unpaired) electrons. The number of fused-ring (bicyclic) bond motifs is 1. The number of rotatable bonds is 4. The number of hydrogen-bond donors (Lipinski definition) is 2. The molecule has 0 saturated heterocycles. The van der Waals surface area contributed by atoms with Crippen molar-refractivity contribution in [3.63, 3.8) is 0 Å². The van der Waals surface area contributed by atoms with Crippen LogP contribution in [0.1, 0.15) is 35.3 Å². The minimum Gasteiger partial charge on any atom is -0.351 e. The van der Waals surface area contributed by atoms with Gasteiger partial charge in [-0.25, -0.2) is 4.99 Å². The van der Waals surface area contributed by atoms with Crippen LogP contribution in [-0.2, 0) is 4.79 Å². The van der Waals surface area contributed by atoms with Crippen molar-refractivity contribution in [1.29, 1.82) is 5.26 Å². The number of carbonyl (C=O) groups excluding carboxylic acids is 2. The molecule has 0 bridgehead atoms. The highest BCUT2D eigenvalue weighted by molar-refractivity contribution is 6.37. The molecule has 2 aromatic carbocycles. The second kappa shape index (κ2) is 9.12. The van der Waals surface area contributed by atoms with Crippen molar-refractivity contribution in [2.45, 2.75) is 13.8 Å². The van der Waals surface area contributed by atoms with E-state index in [0.717, 1.165) is 0 Å². The molecule has 0 aliphatic carbocycles. The SMILES string of the molecule is CC(C)CNC(=O)/C(C#N)=C1\N=C(NC(=O)c2ccc(Cl)cc2Cl)c2ccccc21. The second-order valence-electron chi connectivity index (χ2n) is 7.02. The van der Waals surface area contributed by atoms with Crippen molar-refractivity contribution in [3.05, 3.63) is 74.8 Å². The van der Waals surface area contributed by atoms with Gasteiger partial charge < -0.3 is 10.6 Å². The van der Waals surface area contributed by atoms with Crippen molar-refractivity contribution in [2.75, 3.05) is 6.54 Å². The predicted molar refractivity (Wildman–Crippen MR) is 117 cm³/mol. The van der Waals surface area contributed by atoms with E-state index in [4.69, 9.17) is 23.2 Å². The normalized spacial score (nSPS) is 13.9. The van der Waals surface area contributed by atoms with Crippen molar-refractivity contribution in [3.8, 4) is 6.07 Å². The number of nitrogens with zero attached hydrogens (tertiary/aromatic N) is 2. The highest BCUT2D eigenvalue weighted by Crippen LogP contribution is 2.31. The Kier molecular flexibility index (Phi) is 6.56. The van der Waals surface area contributed by atoms with Gasteiger partial charge in [0, 0.05) is 22.7 Å². The first kappa shape index (κ1) is 21.6. The second-order valence-corrected chi connectivity index (χ2v) is 7.87. The molecule has 2 aromatic rings. The highest BCUT2D eigenvalue weighted by atomic mass is 35.5. The standard InChI is InChI=1S/C22H18Cl2N4O2/c1-12(2)11-26-21(29)17(10-25)19-14-5-3-4-6-15(14)20(27-19)28-22(30)16-8-7-13(23)9-18(16)24/h3-9,12H,11H2,1-2H3,(H,26,29)(H,27,28,30)/b19-17-. The molecule has 0 aromatic heterocycles. The van der Waals surface area contributed by atoms with Crippen LogP contribution in [0, 0.1) is 17.2 Å². The third kappa shape index (κ3) is 4.54. The van der Waals surface area contributed by atoms with E-state index in [2.05, 4.69) is 15.6 Å². The fraction of sp³-hybridized carbons (Fsp3) is 0.182. The lowest BCUT2D eigenvalue weighted by Gasteiger charge is -2.08. The zero-order valence-corrected chi connectivity index (χ0v) is 17.8. The Bertz CT molecular complexity index is 1130. The van der Waals surface area contributed by atoms with Crippen molar-refractivity contribution in [1.82, 2.24) is 10.6 Å². The molecule has 0 atom stereocenters. The van der Waals surface area contributed by atoms with E-state index >= 15 is 0 Å². The van der Waals surface area contributed by atoms with Gasteiger partial charge in [0.05, 0.1) is 16.3 Å². The number of carbonyl (C=O) groups is 2. The van der Waals surface area contributed by atoms with Crippen LogP contribution in [-0.4, -0.2) is 24.2 Å². The monoisotopic (exact) mass is 440 g/mol. The zero-order valence-electron chi connectivity index (χ0n) is 16.3. The molecule has 152 valence electrons. The Morgan fingerprint density at radius 2 is 1.83 bits per heavy atom. The van der Waals surface area contributed by atoms with Crippen LogP contribution < -0.4 is 10.6 Å². The molecule has 8 heteroatoms. The largest absolute Gasteiger partial charge is 0.351 e. The highest BCUT2D eigenvalue weighted by Gasteiger charge is 2.27. The number of amidine groups is 1. The van der Waals surface area contributed by atoms with Crippen molar-refractivity contribution >= 4 is 46.5 Å². The van der Waals surface area contributed by atoms with Crippen LogP contribution in [0.25, 0.3) is 5.70 Å². The summed E-state index contributed by atoms with van der Waals surface area (Å²) in [5.41, 5.74) is 1.53. The van der Waals surface area contributed by atoms with Gasteiger partial charge in [-0.2, -0.15) is 5.26 Å². The average molecular weight is 441 g/mol. The minimum absolute atomic E-state index is 0.114. The first-order valence-electron chi connectivity index (χ1n) is 9.19. The Labute approximate surface area is 184 Å². The lowest BCUT2D eigenvalue weighted by atomic mass is 10.0. The van der Waals surface area contributed by atoms with Gasteiger partial charge in [-0.15, -0.1) is 0 Å². The molecule has 2 amide bonds. The number of benzene rings is 2. The Morgan fingerprint density at radius 1 is 1.13 bits per heavy atom. The average Bonchev–Trinajstić information content (AvgIpc) is 3.05. The molecule has 1 heterocycles. The van der Waals surface area contributed by atoms with Crippen LogP contribution in [0.5, 0.6) is 0 Å². The summed E-state index contributed by atoms with van der Waals surface area (Å²) in [5.74, 6) is -0.513. The van der Waals surface area contributed by atoms with E-state index in [1.807, 2.05) is 19.9 Å².